The van der Waals surface area contributed by atoms with Crippen LogP contribution in [-0.4, -0.2) is 58.0 Å². The summed E-state index contributed by atoms with van der Waals surface area (Å²) in [5, 5.41) is 17.7. The smallest absolute Gasteiger partial charge is 0.320 e. The molecule has 4 aromatic heterocycles. The number of carbonyl (C=O) groups excluding carboxylic acids is 1. The van der Waals surface area contributed by atoms with Crippen molar-refractivity contribution in [2.24, 2.45) is 0 Å². The molecule has 4 aromatic rings. The Morgan fingerprint density at radius 3 is 2.69 bits per heavy atom. The number of amides is 2. The number of carbonyl (C=O) groups is 1. The summed E-state index contributed by atoms with van der Waals surface area (Å²) in [6, 6.07) is 3.43. The Morgan fingerprint density at radius 2 is 1.94 bits per heavy atom. The minimum Gasteiger partial charge on any atom is -0.421 e. The van der Waals surface area contributed by atoms with Gasteiger partial charge < -0.3 is 19.8 Å². The lowest BCUT2D eigenvalue weighted by Gasteiger charge is -2.11. The van der Waals surface area contributed by atoms with Gasteiger partial charge in [0.2, 0.25) is 11.8 Å². The molecule has 4 heterocycles. The minimum atomic E-state index is -0.322. The van der Waals surface area contributed by atoms with Gasteiger partial charge in [0, 0.05) is 73.8 Å². The maximum absolute atomic E-state index is 12.1. The Bertz CT molecular complexity index is 1340. The molecule has 2 amide bonds. The Kier molecular flexibility index (Phi) is 8.31. The van der Waals surface area contributed by atoms with Gasteiger partial charge in [0.05, 0.1) is 17.9 Å². The second-order valence-electron chi connectivity index (χ2n) is 7.89. The van der Waals surface area contributed by atoms with E-state index in [0.717, 1.165) is 38.8 Å². The van der Waals surface area contributed by atoms with Crippen molar-refractivity contribution >= 4 is 23.2 Å². The molecule has 0 saturated heterocycles. The van der Waals surface area contributed by atoms with Gasteiger partial charge in [0.15, 0.2) is 0 Å². The van der Waals surface area contributed by atoms with E-state index in [9.17, 15) is 4.79 Å². The van der Waals surface area contributed by atoms with E-state index in [1.807, 2.05) is 26.0 Å². The number of urea groups is 1. The van der Waals surface area contributed by atoms with Crippen LogP contribution in [0.15, 0.2) is 35.1 Å². The molecule has 0 unspecified atom stereocenters. The standard InChI is InChI=1S/C24H28N8O3S/c1-5-27-24(33)30-21-9-18(23-29-14(2)20(36-23)13-25-6-7-34-4)19(12-28-21)16-8-17(11-26-10-16)22-32-31-15(3)35-22/h8-12,25H,5-7,13H2,1-4H3,(H2,27,28,30,33). The summed E-state index contributed by atoms with van der Waals surface area (Å²) in [7, 11) is 1.68. The highest BCUT2D eigenvalue weighted by Gasteiger charge is 2.18. The van der Waals surface area contributed by atoms with E-state index >= 15 is 0 Å². The number of nitrogens with one attached hydrogen (secondary N) is 3. The predicted molar refractivity (Wildman–Crippen MR) is 138 cm³/mol. The SMILES string of the molecule is CCNC(=O)Nc1cc(-c2nc(C)c(CNCCOC)s2)c(-c2cncc(-c3nnc(C)o3)c2)cn1. The van der Waals surface area contributed by atoms with Crippen molar-refractivity contribution in [3.8, 4) is 33.2 Å². The first kappa shape index (κ1) is 25.4. The lowest BCUT2D eigenvalue weighted by Crippen LogP contribution is -2.28. The Balaban J connectivity index is 1.73. The summed E-state index contributed by atoms with van der Waals surface area (Å²) >= 11 is 1.59. The number of rotatable bonds is 10. The lowest BCUT2D eigenvalue weighted by atomic mass is 10.0. The maximum Gasteiger partial charge on any atom is 0.320 e. The van der Waals surface area contributed by atoms with Crippen molar-refractivity contribution in [2.75, 3.05) is 32.1 Å². The van der Waals surface area contributed by atoms with E-state index in [-0.39, 0.29) is 6.03 Å². The first-order valence-electron chi connectivity index (χ1n) is 11.5. The van der Waals surface area contributed by atoms with Crippen LogP contribution in [0.4, 0.5) is 10.6 Å². The molecule has 0 bridgehead atoms. The first-order chi connectivity index (χ1) is 17.5. The molecular formula is C24H28N8O3S. The molecule has 4 rings (SSSR count). The third-order valence-electron chi connectivity index (χ3n) is 5.20. The van der Waals surface area contributed by atoms with Gasteiger partial charge in [-0.3, -0.25) is 10.3 Å². The number of aromatic nitrogens is 5. The number of hydrogen-bond acceptors (Lipinski definition) is 10. The molecular weight excluding hydrogens is 480 g/mol. The van der Waals surface area contributed by atoms with E-state index < -0.39 is 0 Å². The van der Waals surface area contributed by atoms with Gasteiger partial charge in [-0.05, 0) is 26.0 Å². The van der Waals surface area contributed by atoms with Crippen molar-refractivity contribution in [3.05, 3.63) is 47.2 Å². The van der Waals surface area contributed by atoms with Crippen LogP contribution in [-0.2, 0) is 11.3 Å². The zero-order valence-electron chi connectivity index (χ0n) is 20.6. The van der Waals surface area contributed by atoms with E-state index in [4.69, 9.17) is 14.1 Å². The van der Waals surface area contributed by atoms with Gasteiger partial charge in [0.25, 0.3) is 0 Å². The van der Waals surface area contributed by atoms with E-state index in [1.165, 1.54) is 0 Å². The molecule has 0 aromatic carbocycles. The van der Waals surface area contributed by atoms with Crippen LogP contribution in [0.25, 0.3) is 33.2 Å². The molecule has 12 heteroatoms. The van der Waals surface area contributed by atoms with Gasteiger partial charge in [-0.15, -0.1) is 21.5 Å². The molecule has 0 aliphatic rings. The zero-order chi connectivity index (χ0) is 25.5. The fourth-order valence-corrected chi connectivity index (χ4v) is 4.51. The van der Waals surface area contributed by atoms with Crippen LogP contribution in [0.2, 0.25) is 0 Å². The van der Waals surface area contributed by atoms with E-state index in [2.05, 4.69) is 36.1 Å². The molecule has 36 heavy (non-hydrogen) atoms. The average Bonchev–Trinajstić information content (AvgIpc) is 3.47. The molecule has 0 saturated carbocycles. The maximum atomic E-state index is 12.1. The second kappa shape index (κ2) is 11.8. The average molecular weight is 509 g/mol. The molecule has 3 N–H and O–H groups in total. The van der Waals surface area contributed by atoms with E-state index in [0.29, 0.717) is 42.9 Å². The number of nitrogens with zero attached hydrogens (tertiary/aromatic N) is 5. The summed E-state index contributed by atoms with van der Waals surface area (Å²) in [6.07, 6.45) is 5.13. The highest BCUT2D eigenvalue weighted by atomic mass is 32.1. The number of anilines is 1. The van der Waals surface area contributed by atoms with Crippen LogP contribution >= 0.6 is 11.3 Å². The van der Waals surface area contributed by atoms with E-state index in [1.54, 1.807) is 44.0 Å². The van der Waals surface area contributed by atoms with Gasteiger partial charge in [-0.25, -0.2) is 14.8 Å². The Labute approximate surface area is 212 Å². The van der Waals surface area contributed by atoms with Gasteiger partial charge in [-0.2, -0.15) is 0 Å². The quantitative estimate of drug-likeness (QED) is 0.273. The number of hydrogen-bond donors (Lipinski definition) is 3. The highest BCUT2D eigenvalue weighted by Crippen LogP contribution is 2.37. The monoisotopic (exact) mass is 508 g/mol. The number of pyridine rings is 2. The van der Waals surface area contributed by atoms with Crippen LogP contribution in [0.3, 0.4) is 0 Å². The molecule has 0 fully saturated rings. The normalized spacial score (nSPS) is 11.0. The van der Waals surface area contributed by atoms with Crippen molar-refractivity contribution in [1.29, 1.82) is 0 Å². The van der Waals surface area contributed by atoms with Crippen molar-refractivity contribution in [2.45, 2.75) is 27.3 Å². The Morgan fingerprint density at radius 1 is 1.11 bits per heavy atom. The summed E-state index contributed by atoms with van der Waals surface area (Å²) in [5.41, 5.74) is 4.09. The topological polar surface area (TPSA) is 140 Å². The zero-order valence-corrected chi connectivity index (χ0v) is 21.4. The molecule has 0 aliphatic heterocycles. The summed E-state index contributed by atoms with van der Waals surface area (Å²) in [6.45, 7) is 8.16. The molecule has 188 valence electrons. The minimum absolute atomic E-state index is 0.322. The largest absolute Gasteiger partial charge is 0.421 e. The number of ether oxygens (including phenoxy) is 1. The summed E-state index contributed by atoms with van der Waals surface area (Å²) < 4.78 is 10.7. The third-order valence-corrected chi connectivity index (χ3v) is 6.39. The number of methoxy groups -OCH3 is 1. The second-order valence-corrected chi connectivity index (χ2v) is 8.97. The molecule has 11 nitrogen and oxygen atoms in total. The van der Waals surface area contributed by atoms with Crippen molar-refractivity contribution in [3.63, 3.8) is 0 Å². The summed E-state index contributed by atoms with van der Waals surface area (Å²) in [4.78, 5) is 26.9. The first-order valence-corrected chi connectivity index (χ1v) is 12.3. The lowest BCUT2D eigenvalue weighted by molar-refractivity contribution is 0.199. The van der Waals surface area contributed by atoms with Crippen LogP contribution in [0.1, 0.15) is 23.4 Å². The molecule has 0 aliphatic carbocycles. The fraction of sp³-hybridized carbons (Fsp3) is 0.333. The molecule has 0 radical (unpaired) electrons. The summed E-state index contributed by atoms with van der Waals surface area (Å²) in [5.74, 6) is 1.28. The van der Waals surface area contributed by atoms with Gasteiger partial charge in [0.1, 0.15) is 10.8 Å². The predicted octanol–water partition coefficient (Wildman–Crippen LogP) is 3.81. The third kappa shape index (κ3) is 6.08. The molecule has 0 spiro atoms. The number of thiazole rings is 1. The van der Waals surface area contributed by atoms with Crippen molar-refractivity contribution < 1.29 is 13.9 Å². The van der Waals surface area contributed by atoms with Crippen molar-refractivity contribution in [1.82, 2.24) is 35.8 Å². The fourth-order valence-electron chi connectivity index (χ4n) is 3.45. The van der Waals surface area contributed by atoms with Crippen LogP contribution in [0, 0.1) is 13.8 Å². The highest BCUT2D eigenvalue weighted by molar-refractivity contribution is 7.15. The van der Waals surface area contributed by atoms with Gasteiger partial charge >= 0.3 is 6.03 Å². The van der Waals surface area contributed by atoms with Crippen LogP contribution in [0.5, 0.6) is 0 Å². The molecule has 0 atom stereocenters. The Hall–Kier alpha value is -3.74. The van der Waals surface area contributed by atoms with Crippen LogP contribution < -0.4 is 16.0 Å². The van der Waals surface area contributed by atoms with Gasteiger partial charge in [-0.1, -0.05) is 0 Å². The number of aryl methyl sites for hydroxylation is 2.